The predicted octanol–water partition coefficient (Wildman–Crippen LogP) is 2.19. The maximum atomic E-state index is 9.90. The number of nitrogens with one attached hydrogen (secondary N) is 1. The average Bonchev–Trinajstić information content (AvgIpc) is 2.12. The first kappa shape index (κ1) is 15.9. The number of ether oxygens (including phenoxy) is 1. The van der Waals surface area contributed by atoms with Gasteiger partial charge in [-0.3, -0.25) is 0 Å². The number of rotatable bonds is 6. The van der Waals surface area contributed by atoms with Crippen LogP contribution < -0.4 is 5.32 Å². The van der Waals surface area contributed by atoms with Crippen molar-refractivity contribution in [1.82, 2.24) is 5.32 Å². The molecule has 98 valence electrons. The second-order valence-corrected chi connectivity index (χ2v) is 6.36. The minimum absolute atomic E-state index is 0.0660. The summed E-state index contributed by atoms with van der Waals surface area (Å²) in [7, 11) is 1.73. The Balaban J connectivity index is 3.95. The molecule has 0 bridgehead atoms. The number of aliphatic hydroxyl groups excluding tert-OH is 1. The Morgan fingerprint density at radius 1 is 1.19 bits per heavy atom. The summed E-state index contributed by atoms with van der Waals surface area (Å²) in [5, 5.41) is 13.2. The van der Waals surface area contributed by atoms with Gasteiger partial charge in [0.25, 0.3) is 0 Å². The Kier molecular flexibility index (Phi) is 5.94. The molecule has 2 atom stereocenters. The summed E-state index contributed by atoms with van der Waals surface area (Å²) in [5.74, 6) is 0. The fourth-order valence-electron chi connectivity index (χ4n) is 1.51. The van der Waals surface area contributed by atoms with Crippen LogP contribution in [0.2, 0.25) is 0 Å². The van der Waals surface area contributed by atoms with Gasteiger partial charge in [-0.15, -0.1) is 0 Å². The molecule has 0 heterocycles. The van der Waals surface area contributed by atoms with Gasteiger partial charge in [-0.25, -0.2) is 0 Å². The monoisotopic (exact) mass is 231 g/mol. The first-order chi connectivity index (χ1) is 7.08. The fraction of sp³-hybridized carbons (Fsp3) is 1.00. The predicted molar refractivity (Wildman–Crippen MR) is 68.6 cm³/mol. The van der Waals surface area contributed by atoms with Crippen LogP contribution in [0.4, 0.5) is 0 Å². The van der Waals surface area contributed by atoms with Crippen molar-refractivity contribution in [3.05, 3.63) is 0 Å². The van der Waals surface area contributed by atoms with E-state index in [1.54, 1.807) is 7.11 Å². The lowest BCUT2D eigenvalue weighted by molar-refractivity contribution is 0.00524. The Labute approximate surface area is 101 Å². The number of methoxy groups -OCH3 is 1. The molecule has 0 aromatic rings. The second kappa shape index (κ2) is 5.99. The topological polar surface area (TPSA) is 41.5 Å². The first-order valence-electron chi connectivity index (χ1n) is 6.05. The summed E-state index contributed by atoms with van der Waals surface area (Å²) in [4.78, 5) is 0. The van der Waals surface area contributed by atoms with Crippen molar-refractivity contribution in [2.24, 2.45) is 5.41 Å². The molecule has 3 heteroatoms. The standard InChI is InChI=1S/C13H29NO2/c1-10(8-13(5,6)16-7)14-9-11(15)12(2,3)4/h10-11,14-15H,8-9H2,1-7H3. The molecular weight excluding hydrogens is 202 g/mol. The van der Waals surface area contributed by atoms with Crippen molar-refractivity contribution >= 4 is 0 Å². The first-order valence-corrected chi connectivity index (χ1v) is 6.05. The molecule has 0 spiro atoms. The normalized spacial score (nSPS) is 17.2. The molecular formula is C13H29NO2. The minimum Gasteiger partial charge on any atom is -0.391 e. The maximum absolute atomic E-state index is 9.90. The van der Waals surface area contributed by atoms with Crippen molar-refractivity contribution in [2.75, 3.05) is 13.7 Å². The summed E-state index contributed by atoms with van der Waals surface area (Å²) in [6, 6.07) is 0.340. The molecule has 0 aromatic carbocycles. The number of hydrogen-bond acceptors (Lipinski definition) is 3. The Morgan fingerprint density at radius 3 is 2.06 bits per heavy atom. The molecule has 0 aliphatic heterocycles. The molecule has 0 aromatic heterocycles. The van der Waals surface area contributed by atoms with Crippen LogP contribution in [-0.2, 0) is 4.74 Å². The van der Waals surface area contributed by atoms with Gasteiger partial charge in [-0.2, -0.15) is 0 Å². The van der Waals surface area contributed by atoms with Crippen LogP contribution in [0, 0.1) is 5.41 Å². The highest BCUT2D eigenvalue weighted by molar-refractivity contribution is 4.79. The lowest BCUT2D eigenvalue weighted by Crippen LogP contribution is -2.42. The van der Waals surface area contributed by atoms with Crippen LogP contribution in [0.15, 0.2) is 0 Å². The lowest BCUT2D eigenvalue weighted by Gasteiger charge is -2.30. The third kappa shape index (κ3) is 6.46. The van der Waals surface area contributed by atoms with Gasteiger partial charge in [0, 0.05) is 19.7 Å². The molecule has 2 N–H and O–H groups in total. The van der Waals surface area contributed by atoms with Gasteiger partial charge in [-0.05, 0) is 32.6 Å². The van der Waals surface area contributed by atoms with E-state index in [1.807, 2.05) is 20.8 Å². The van der Waals surface area contributed by atoms with E-state index in [4.69, 9.17) is 4.74 Å². The van der Waals surface area contributed by atoms with Gasteiger partial charge in [0.1, 0.15) is 0 Å². The zero-order valence-electron chi connectivity index (χ0n) is 11.9. The van der Waals surface area contributed by atoms with Gasteiger partial charge in [0.05, 0.1) is 11.7 Å². The summed E-state index contributed by atoms with van der Waals surface area (Å²) in [6.07, 6.45) is 0.612. The largest absolute Gasteiger partial charge is 0.391 e. The molecule has 0 radical (unpaired) electrons. The Bertz CT molecular complexity index is 197. The molecule has 0 saturated heterocycles. The number of aliphatic hydroxyl groups is 1. The highest BCUT2D eigenvalue weighted by atomic mass is 16.5. The molecule has 0 fully saturated rings. The van der Waals surface area contributed by atoms with E-state index >= 15 is 0 Å². The molecule has 0 rings (SSSR count). The molecule has 3 nitrogen and oxygen atoms in total. The third-order valence-electron chi connectivity index (χ3n) is 3.01. The molecule has 2 unspecified atom stereocenters. The minimum atomic E-state index is -0.319. The number of hydrogen-bond donors (Lipinski definition) is 2. The van der Waals surface area contributed by atoms with Crippen molar-refractivity contribution in [3.63, 3.8) is 0 Å². The Hall–Kier alpha value is -0.120. The second-order valence-electron chi connectivity index (χ2n) is 6.36. The zero-order valence-corrected chi connectivity index (χ0v) is 11.9. The van der Waals surface area contributed by atoms with Crippen molar-refractivity contribution in [1.29, 1.82) is 0 Å². The SMILES string of the molecule is COC(C)(C)CC(C)NCC(O)C(C)(C)C. The van der Waals surface area contributed by atoms with E-state index < -0.39 is 0 Å². The summed E-state index contributed by atoms with van der Waals surface area (Å²) >= 11 is 0. The van der Waals surface area contributed by atoms with Crippen LogP contribution in [-0.4, -0.2) is 36.5 Å². The highest BCUT2D eigenvalue weighted by Crippen LogP contribution is 2.19. The smallest absolute Gasteiger partial charge is 0.0712 e. The van der Waals surface area contributed by atoms with E-state index in [9.17, 15) is 5.11 Å². The van der Waals surface area contributed by atoms with Gasteiger partial charge >= 0.3 is 0 Å². The summed E-state index contributed by atoms with van der Waals surface area (Å²) < 4.78 is 5.38. The Morgan fingerprint density at radius 2 is 1.69 bits per heavy atom. The molecule has 0 amide bonds. The fourth-order valence-corrected chi connectivity index (χ4v) is 1.51. The van der Waals surface area contributed by atoms with Crippen molar-refractivity contribution in [3.8, 4) is 0 Å². The zero-order chi connectivity index (χ0) is 13.0. The van der Waals surface area contributed by atoms with Crippen LogP contribution in [0.1, 0.15) is 48.0 Å². The van der Waals surface area contributed by atoms with Gasteiger partial charge < -0.3 is 15.2 Å². The summed E-state index contributed by atoms with van der Waals surface area (Å²) in [5.41, 5.74) is -0.178. The van der Waals surface area contributed by atoms with Gasteiger partial charge in [0.15, 0.2) is 0 Å². The average molecular weight is 231 g/mol. The molecule has 0 aliphatic carbocycles. The lowest BCUT2D eigenvalue weighted by atomic mass is 9.89. The molecule has 0 saturated carbocycles. The van der Waals surface area contributed by atoms with Gasteiger partial charge in [-0.1, -0.05) is 20.8 Å². The van der Waals surface area contributed by atoms with E-state index in [0.717, 1.165) is 6.42 Å². The van der Waals surface area contributed by atoms with Crippen molar-refractivity contribution in [2.45, 2.75) is 65.7 Å². The van der Waals surface area contributed by atoms with Crippen molar-refractivity contribution < 1.29 is 9.84 Å². The highest BCUT2D eigenvalue weighted by Gasteiger charge is 2.24. The van der Waals surface area contributed by atoms with E-state index in [0.29, 0.717) is 12.6 Å². The van der Waals surface area contributed by atoms with Crippen LogP contribution in [0.25, 0.3) is 0 Å². The third-order valence-corrected chi connectivity index (χ3v) is 3.01. The maximum Gasteiger partial charge on any atom is 0.0712 e. The van der Waals surface area contributed by atoms with E-state index in [-0.39, 0.29) is 17.1 Å². The quantitative estimate of drug-likeness (QED) is 0.736. The van der Waals surface area contributed by atoms with Gasteiger partial charge in [0.2, 0.25) is 0 Å². The molecule has 16 heavy (non-hydrogen) atoms. The van der Waals surface area contributed by atoms with Crippen LogP contribution in [0.3, 0.4) is 0 Å². The molecule has 0 aliphatic rings. The van der Waals surface area contributed by atoms with E-state index in [2.05, 4.69) is 26.1 Å². The summed E-state index contributed by atoms with van der Waals surface area (Å²) in [6.45, 7) is 13.0. The van der Waals surface area contributed by atoms with E-state index in [1.165, 1.54) is 0 Å². The van der Waals surface area contributed by atoms with Crippen LogP contribution in [0.5, 0.6) is 0 Å². The van der Waals surface area contributed by atoms with Crippen LogP contribution >= 0.6 is 0 Å².